The number of hydrogen-bond donors (Lipinski definition) is 2. The van der Waals surface area contributed by atoms with Gasteiger partial charge >= 0.3 is 12.1 Å². The monoisotopic (exact) mass is 481 g/mol. The smallest absolute Gasteiger partial charge is 0.416 e. The van der Waals surface area contributed by atoms with Crippen molar-refractivity contribution < 1.29 is 32.6 Å². The highest BCUT2D eigenvalue weighted by Crippen LogP contribution is 2.38. The molecular weight excluding hydrogens is 455 g/mol. The highest BCUT2D eigenvalue weighted by Gasteiger charge is 2.40. The molecule has 5 nitrogen and oxygen atoms in total. The Hall–Kier alpha value is -2.39. The summed E-state index contributed by atoms with van der Waals surface area (Å²) >= 11 is 1.38. The van der Waals surface area contributed by atoms with Gasteiger partial charge < -0.3 is 15.2 Å². The van der Waals surface area contributed by atoms with Crippen molar-refractivity contribution in [3.63, 3.8) is 0 Å². The van der Waals surface area contributed by atoms with E-state index in [1.165, 1.54) is 17.4 Å². The molecule has 0 bridgehead atoms. The van der Waals surface area contributed by atoms with E-state index in [0.717, 1.165) is 41.8 Å². The Morgan fingerprint density at radius 2 is 1.94 bits per heavy atom. The third-order valence-corrected chi connectivity index (χ3v) is 7.80. The number of carbonyl (C=O) groups is 2. The Morgan fingerprint density at radius 3 is 2.64 bits per heavy atom. The molecule has 2 N–H and O–H groups in total. The SMILES string of the molecule is O=C(NCC1(C(=O)O)CCCCC1)c1c(Cc2cccc(C(F)(F)F)c2)sc2c1CCOC2. The first-order valence-corrected chi connectivity index (χ1v) is 11.9. The van der Waals surface area contributed by atoms with E-state index in [2.05, 4.69) is 5.32 Å². The van der Waals surface area contributed by atoms with Crippen LogP contribution in [0.2, 0.25) is 0 Å². The van der Waals surface area contributed by atoms with Crippen molar-refractivity contribution in [1.29, 1.82) is 0 Å². The van der Waals surface area contributed by atoms with Crippen molar-refractivity contribution in [3.8, 4) is 0 Å². The number of thiophene rings is 1. The molecule has 0 saturated heterocycles. The number of carboxylic acids is 1. The summed E-state index contributed by atoms with van der Waals surface area (Å²) in [5, 5.41) is 12.7. The third-order valence-electron chi connectivity index (χ3n) is 6.59. The van der Waals surface area contributed by atoms with Gasteiger partial charge in [0.1, 0.15) is 0 Å². The second-order valence-electron chi connectivity index (χ2n) is 8.81. The number of hydrogen-bond acceptors (Lipinski definition) is 4. The van der Waals surface area contributed by atoms with E-state index in [0.29, 0.717) is 48.5 Å². The van der Waals surface area contributed by atoms with E-state index in [4.69, 9.17) is 4.74 Å². The first-order valence-electron chi connectivity index (χ1n) is 11.1. The minimum atomic E-state index is -4.44. The van der Waals surface area contributed by atoms with Gasteiger partial charge in [-0.1, -0.05) is 37.5 Å². The number of ether oxygens (including phenoxy) is 1. The molecular formula is C24H26F3NO4S. The Morgan fingerprint density at radius 1 is 1.18 bits per heavy atom. The topological polar surface area (TPSA) is 75.6 Å². The molecule has 1 aliphatic heterocycles. The van der Waals surface area contributed by atoms with Gasteiger partial charge in [0, 0.05) is 22.7 Å². The fraction of sp³-hybridized carbons (Fsp3) is 0.500. The summed E-state index contributed by atoms with van der Waals surface area (Å²) in [5.74, 6) is -1.25. The molecule has 1 saturated carbocycles. The van der Waals surface area contributed by atoms with Gasteiger partial charge in [-0.2, -0.15) is 13.2 Å². The molecule has 2 aromatic rings. The largest absolute Gasteiger partial charge is 0.481 e. The maximum absolute atomic E-state index is 13.3. The summed E-state index contributed by atoms with van der Waals surface area (Å²) < 4.78 is 45.0. The van der Waals surface area contributed by atoms with E-state index in [1.807, 2.05) is 0 Å². The lowest BCUT2D eigenvalue weighted by Crippen LogP contribution is -2.44. The first-order chi connectivity index (χ1) is 15.7. The Labute approximate surface area is 194 Å². The van der Waals surface area contributed by atoms with Gasteiger partial charge in [0.05, 0.1) is 29.8 Å². The Bertz CT molecular complexity index is 1040. The number of rotatable bonds is 6. The number of fused-ring (bicyclic) bond motifs is 1. The van der Waals surface area contributed by atoms with E-state index < -0.39 is 23.1 Å². The molecule has 4 rings (SSSR count). The zero-order valence-corrected chi connectivity index (χ0v) is 18.9. The maximum atomic E-state index is 13.3. The number of aliphatic carboxylic acids is 1. The number of amides is 1. The van der Waals surface area contributed by atoms with Crippen molar-refractivity contribution in [3.05, 3.63) is 56.3 Å². The van der Waals surface area contributed by atoms with Crippen LogP contribution in [0.5, 0.6) is 0 Å². The number of halogens is 3. The molecule has 0 spiro atoms. The highest BCUT2D eigenvalue weighted by atomic mass is 32.1. The molecule has 178 valence electrons. The molecule has 1 amide bonds. The van der Waals surface area contributed by atoms with Crippen LogP contribution in [0.4, 0.5) is 13.2 Å². The first kappa shape index (κ1) is 23.8. The van der Waals surface area contributed by atoms with Gasteiger partial charge in [-0.05, 0) is 36.5 Å². The lowest BCUT2D eigenvalue weighted by molar-refractivity contribution is -0.150. The van der Waals surface area contributed by atoms with Gasteiger partial charge in [0.25, 0.3) is 5.91 Å². The van der Waals surface area contributed by atoms with Crippen molar-refractivity contribution in [1.82, 2.24) is 5.32 Å². The lowest BCUT2D eigenvalue weighted by atomic mass is 9.74. The van der Waals surface area contributed by atoms with Crippen molar-refractivity contribution in [2.24, 2.45) is 5.41 Å². The predicted octanol–water partition coefficient (Wildman–Crippen LogP) is 5.20. The van der Waals surface area contributed by atoms with Crippen LogP contribution in [0.25, 0.3) is 0 Å². The maximum Gasteiger partial charge on any atom is 0.416 e. The molecule has 0 atom stereocenters. The van der Waals surface area contributed by atoms with Gasteiger partial charge in [-0.25, -0.2) is 0 Å². The standard InChI is InChI=1S/C24H26F3NO4S/c25-24(26,27)16-6-4-5-15(11-16)12-18-20(17-7-10-32-13-19(17)33-18)21(29)28-14-23(22(30)31)8-2-1-3-9-23/h4-6,11H,1-3,7-10,12-14H2,(H,28,29)(H,30,31). The fourth-order valence-electron chi connectivity index (χ4n) is 4.75. The van der Waals surface area contributed by atoms with Crippen LogP contribution in [0, 0.1) is 5.41 Å². The number of nitrogens with one attached hydrogen (secondary N) is 1. The second kappa shape index (κ2) is 9.46. The molecule has 1 aromatic carbocycles. The van der Waals surface area contributed by atoms with E-state index in [-0.39, 0.29) is 18.9 Å². The predicted molar refractivity (Wildman–Crippen MR) is 117 cm³/mol. The van der Waals surface area contributed by atoms with Crippen LogP contribution in [0.15, 0.2) is 24.3 Å². The summed E-state index contributed by atoms with van der Waals surface area (Å²) in [6, 6.07) is 5.13. The van der Waals surface area contributed by atoms with Gasteiger partial charge in [0.2, 0.25) is 0 Å². The zero-order valence-electron chi connectivity index (χ0n) is 18.1. The summed E-state index contributed by atoms with van der Waals surface area (Å²) in [7, 11) is 0. The van der Waals surface area contributed by atoms with Gasteiger partial charge in [0.15, 0.2) is 0 Å². The van der Waals surface area contributed by atoms with Gasteiger partial charge in [-0.15, -0.1) is 11.3 Å². The average molecular weight is 482 g/mol. The summed E-state index contributed by atoms with van der Waals surface area (Å²) in [6.45, 7) is 0.874. The van der Waals surface area contributed by atoms with Crippen LogP contribution in [0.3, 0.4) is 0 Å². The summed E-state index contributed by atoms with van der Waals surface area (Å²) in [5.41, 5.74) is 0.101. The average Bonchev–Trinajstić information content (AvgIpc) is 3.15. The van der Waals surface area contributed by atoms with E-state index in [1.54, 1.807) is 6.07 Å². The van der Waals surface area contributed by atoms with Crippen molar-refractivity contribution in [2.75, 3.05) is 13.2 Å². The van der Waals surface area contributed by atoms with Crippen LogP contribution < -0.4 is 5.32 Å². The lowest BCUT2D eigenvalue weighted by Gasteiger charge is -2.33. The van der Waals surface area contributed by atoms with Gasteiger partial charge in [-0.3, -0.25) is 9.59 Å². The molecule has 1 aliphatic carbocycles. The minimum Gasteiger partial charge on any atom is -0.481 e. The highest BCUT2D eigenvalue weighted by molar-refractivity contribution is 7.12. The molecule has 2 heterocycles. The van der Waals surface area contributed by atoms with Crippen LogP contribution >= 0.6 is 11.3 Å². The Balaban J connectivity index is 1.60. The van der Waals surface area contributed by atoms with Crippen molar-refractivity contribution >= 4 is 23.2 Å². The molecule has 1 aromatic heterocycles. The van der Waals surface area contributed by atoms with E-state index in [9.17, 15) is 27.9 Å². The van der Waals surface area contributed by atoms with Crippen LogP contribution in [-0.2, 0) is 35.2 Å². The van der Waals surface area contributed by atoms with Crippen molar-refractivity contribution in [2.45, 2.75) is 57.7 Å². The minimum absolute atomic E-state index is 0.0469. The second-order valence-corrected chi connectivity index (χ2v) is 10.00. The number of carbonyl (C=O) groups excluding carboxylic acids is 1. The number of alkyl halides is 3. The number of carboxylic acid groups (broad SMARTS) is 1. The fourth-order valence-corrected chi connectivity index (χ4v) is 6.08. The van der Waals surface area contributed by atoms with Crippen LogP contribution in [-0.4, -0.2) is 30.1 Å². The molecule has 2 aliphatic rings. The quantitative estimate of drug-likeness (QED) is 0.595. The summed E-state index contributed by atoms with van der Waals surface area (Å²) in [4.78, 5) is 26.9. The normalized spacial score (nSPS) is 17.9. The summed E-state index contributed by atoms with van der Waals surface area (Å²) in [6.07, 6.45) is -0.0470. The molecule has 9 heteroatoms. The zero-order chi connectivity index (χ0) is 23.6. The third kappa shape index (κ3) is 5.09. The Kier molecular flexibility index (Phi) is 6.81. The van der Waals surface area contributed by atoms with E-state index >= 15 is 0 Å². The number of benzene rings is 1. The molecule has 0 unspecified atom stereocenters. The molecule has 33 heavy (non-hydrogen) atoms. The molecule has 0 radical (unpaired) electrons. The van der Waals surface area contributed by atoms with Crippen LogP contribution in [0.1, 0.15) is 68.9 Å². The molecule has 1 fully saturated rings.